The van der Waals surface area contributed by atoms with Gasteiger partial charge in [-0.2, -0.15) is 38.5 Å². The van der Waals surface area contributed by atoms with Crippen LogP contribution in [-0.4, -0.2) is 55.5 Å². The first-order chi connectivity index (χ1) is 13.0. The summed E-state index contributed by atoms with van der Waals surface area (Å²) in [5.41, 5.74) is 0. The molecule has 0 amide bonds. The van der Waals surface area contributed by atoms with Crippen molar-refractivity contribution in [3.05, 3.63) is 24.3 Å². The van der Waals surface area contributed by atoms with Crippen molar-refractivity contribution in [3.8, 4) is 0 Å². The monoisotopic (exact) mass is 543 g/mol. The summed E-state index contributed by atoms with van der Waals surface area (Å²) in [5, 5.41) is 23.8. The molecule has 0 bridgehead atoms. The summed E-state index contributed by atoms with van der Waals surface area (Å²) in [5.74, 6) is -9.00. The first-order valence-electron chi connectivity index (χ1n) is 9.21. The van der Waals surface area contributed by atoms with E-state index in [1.807, 2.05) is 41.5 Å². The molecule has 0 aromatic heterocycles. The summed E-state index contributed by atoms with van der Waals surface area (Å²) in [6.45, 7) is 12.7. The predicted molar refractivity (Wildman–Crippen MR) is 107 cm³/mol. The summed E-state index contributed by atoms with van der Waals surface area (Å²) in [6.07, 6.45) is 0. The number of halogens is 6. The molecule has 0 radical (unpaired) electrons. The molecule has 0 heterocycles. The molecule has 180 valence electrons. The van der Waals surface area contributed by atoms with Crippen molar-refractivity contribution >= 4 is 14.0 Å². The van der Waals surface area contributed by atoms with E-state index < -0.39 is 25.6 Å². The molecule has 0 atom stereocenters. The molecule has 0 saturated heterocycles. The van der Waals surface area contributed by atoms with Crippen molar-refractivity contribution in [1.82, 2.24) is 0 Å². The summed E-state index contributed by atoms with van der Waals surface area (Å²) in [7, 11) is -4.92. The summed E-state index contributed by atoms with van der Waals surface area (Å²) < 4.78 is 72.7. The fraction of sp³-hybridized carbons (Fsp3) is 0.737. The van der Waals surface area contributed by atoms with Gasteiger partial charge in [0.1, 0.15) is 0 Å². The van der Waals surface area contributed by atoms with E-state index in [-0.39, 0.29) is 26.2 Å². The summed E-state index contributed by atoms with van der Waals surface area (Å²) >= 11 is 0. The van der Waals surface area contributed by atoms with Crippen LogP contribution < -0.4 is 5.19 Å². The zero-order valence-corrected chi connectivity index (χ0v) is 22.0. The van der Waals surface area contributed by atoms with Gasteiger partial charge in [0.25, 0.3) is 8.80 Å². The van der Waals surface area contributed by atoms with Crippen molar-refractivity contribution in [2.24, 2.45) is 17.8 Å². The van der Waals surface area contributed by atoms with Gasteiger partial charge in [-0.25, -0.2) is 12.1 Å². The first kappa shape index (κ1) is 37.2. The Bertz CT molecular complexity index is 431. The third-order valence-corrected chi connectivity index (χ3v) is 5.13. The Morgan fingerprint density at radius 3 is 1.00 bits per heavy atom. The van der Waals surface area contributed by atoms with Gasteiger partial charge in [-0.3, -0.25) is 0 Å². The fourth-order valence-electron chi connectivity index (χ4n) is 1.14. The van der Waals surface area contributed by atoms with Crippen molar-refractivity contribution in [2.45, 2.75) is 53.1 Å². The standard InChI is InChI=1S/C7H5F6Si.3C4H10O.Zr/c8-6(9,10)14(7(11,12)13)5-3-1-2-4-5;3*1-4(2)3-5;/h1-4,14H;3*4-5H,3H2,1-2H3;/q-1;;;;. The average Bonchev–Trinajstić information content (AvgIpc) is 3.07. The van der Waals surface area contributed by atoms with E-state index in [0.717, 1.165) is 12.1 Å². The fourth-order valence-corrected chi connectivity index (χ4v) is 2.88. The van der Waals surface area contributed by atoms with E-state index in [4.69, 9.17) is 15.3 Å². The van der Waals surface area contributed by atoms with Gasteiger partial charge in [-0.1, -0.05) is 41.5 Å². The second-order valence-corrected chi connectivity index (χ2v) is 10.3. The Morgan fingerprint density at radius 1 is 0.667 bits per heavy atom. The van der Waals surface area contributed by atoms with Crippen LogP contribution in [0.4, 0.5) is 26.3 Å². The van der Waals surface area contributed by atoms with Gasteiger partial charge in [-0.15, -0.1) is 5.19 Å². The normalized spacial score (nSPS) is 11.2. The molecule has 0 saturated carbocycles. The van der Waals surface area contributed by atoms with Gasteiger partial charge in [0.15, 0.2) is 0 Å². The quantitative estimate of drug-likeness (QED) is 0.306. The second kappa shape index (κ2) is 19.6. The Balaban J connectivity index is -0.000000176. The van der Waals surface area contributed by atoms with E-state index in [1.54, 1.807) is 0 Å². The van der Waals surface area contributed by atoms with Crippen LogP contribution >= 0.6 is 0 Å². The molecule has 11 heteroatoms. The molecule has 30 heavy (non-hydrogen) atoms. The minimum atomic E-state index is -5.16. The minimum Gasteiger partial charge on any atom is -0.396 e. The molecule has 0 fully saturated rings. The van der Waals surface area contributed by atoms with E-state index in [9.17, 15) is 26.3 Å². The zero-order valence-electron chi connectivity index (χ0n) is 18.3. The Kier molecular flexibility index (Phi) is 24.3. The molecular formula is C19H35F6O3SiZr-. The number of aliphatic hydroxyl groups is 3. The van der Waals surface area contributed by atoms with Crippen LogP contribution in [0.15, 0.2) is 24.3 Å². The van der Waals surface area contributed by atoms with Crippen LogP contribution in [0.5, 0.6) is 0 Å². The number of alkyl halides is 6. The van der Waals surface area contributed by atoms with Gasteiger partial charge in [0.2, 0.25) is 0 Å². The zero-order chi connectivity index (χ0) is 23.8. The van der Waals surface area contributed by atoms with Crippen LogP contribution in [0.3, 0.4) is 0 Å². The second-order valence-electron chi connectivity index (χ2n) is 7.46. The van der Waals surface area contributed by atoms with Gasteiger partial charge in [-0.05, 0) is 17.8 Å². The molecule has 1 aromatic carbocycles. The predicted octanol–water partition coefficient (Wildman–Crippen LogP) is 3.94. The van der Waals surface area contributed by atoms with Crippen LogP contribution in [0, 0.1) is 17.8 Å². The maximum Gasteiger partial charge on any atom is 0.361 e. The molecule has 1 rings (SSSR count). The van der Waals surface area contributed by atoms with E-state index in [2.05, 4.69) is 0 Å². The number of rotatable bonds is 4. The van der Waals surface area contributed by atoms with Crippen LogP contribution in [-0.2, 0) is 26.2 Å². The van der Waals surface area contributed by atoms with E-state index in [0.29, 0.717) is 37.6 Å². The number of hydrogen-bond acceptors (Lipinski definition) is 3. The largest absolute Gasteiger partial charge is 0.396 e. The maximum absolute atomic E-state index is 12.1. The molecule has 3 nitrogen and oxygen atoms in total. The molecule has 0 aliphatic carbocycles. The SMILES string of the molecule is CC(C)CO.CC(C)CO.CC(C)CO.FC(F)(F)[SiH]([c-]1cccc1)C(F)(F)F.[Zr]. The molecular weight excluding hydrogens is 510 g/mol. The third kappa shape index (κ3) is 24.2. The van der Waals surface area contributed by atoms with Gasteiger partial charge in [0, 0.05) is 46.0 Å². The van der Waals surface area contributed by atoms with Crippen molar-refractivity contribution in [2.75, 3.05) is 19.8 Å². The molecule has 0 spiro atoms. The van der Waals surface area contributed by atoms with E-state index >= 15 is 0 Å². The summed E-state index contributed by atoms with van der Waals surface area (Å²) in [4.78, 5) is 0. The number of aliphatic hydroxyl groups excluding tert-OH is 3. The van der Waals surface area contributed by atoms with Crippen molar-refractivity contribution in [3.63, 3.8) is 0 Å². The van der Waals surface area contributed by atoms with Gasteiger partial charge < -0.3 is 15.3 Å². The Hall–Kier alpha value is -0.0900. The van der Waals surface area contributed by atoms with Crippen LogP contribution in [0.1, 0.15) is 41.5 Å². The van der Waals surface area contributed by atoms with Crippen LogP contribution in [0.2, 0.25) is 0 Å². The van der Waals surface area contributed by atoms with Crippen molar-refractivity contribution < 1.29 is 67.9 Å². The first-order valence-corrected chi connectivity index (χ1v) is 10.9. The smallest absolute Gasteiger partial charge is 0.361 e. The van der Waals surface area contributed by atoms with Gasteiger partial charge >= 0.3 is 11.6 Å². The number of hydrogen-bond donors (Lipinski definition) is 3. The van der Waals surface area contributed by atoms with Crippen LogP contribution in [0.25, 0.3) is 0 Å². The van der Waals surface area contributed by atoms with E-state index in [1.165, 1.54) is 12.1 Å². The molecule has 1 aromatic rings. The molecule has 0 unspecified atom stereocenters. The molecule has 0 aliphatic rings. The Morgan fingerprint density at radius 2 is 0.867 bits per heavy atom. The molecule has 0 aliphatic heterocycles. The summed E-state index contributed by atoms with van der Waals surface area (Å²) in [6, 6.07) is 4.09. The topological polar surface area (TPSA) is 60.7 Å². The average molecular weight is 545 g/mol. The van der Waals surface area contributed by atoms with Gasteiger partial charge in [0.05, 0.1) is 0 Å². The third-order valence-electron chi connectivity index (χ3n) is 2.77. The maximum atomic E-state index is 12.1. The minimum absolute atomic E-state index is 0. The van der Waals surface area contributed by atoms with Crippen molar-refractivity contribution in [1.29, 1.82) is 0 Å². The Labute approximate surface area is 196 Å². The molecule has 3 N–H and O–H groups in total.